The van der Waals surface area contributed by atoms with Crippen molar-refractivity contribution in [3.05, 3.63) is 101 Å². The molecule has 5 heteroatoms. The Morgan fingerprint density at radius 2 is 1.45 bits per heavy atom. The molecular weight excluding hydrogens is 426 g/mol. The number of pyridine rings is 1. The van der Waals surface area contributed by atoms with Crippen molar-refractivity contribution in [1.29, 1.82) is 0 Å². The number of carbonyl (C=O) groups excluding carboxylic acids is 1. The molecule has 162 valence electrons. The number of hydrogen-bond acceptors (Lipinski definition) is 4. The zero-order valence-corrected chi connectivity index (χ0v) is 19.2. The smallest absolute Gasteiger partial charge is 0.267 e. The first-order valence-corrected chi connectivity index (χ1v) is 11.5. The fraction of sp³-hybridized carbons (Fsp3) is 0.0714. The van der Waals surface area contributed by atoms with Gasteiger partial charge in [0.2, 0.25) is 0 Å². The van der Waals surface area contributed by atoms with Gasteiger partial charge >= 0.3 is 0 Å². The monoisotopic (exact) mass is 449 g/mol. The number of hydrogen-bond donors (Lipinski definition) is 2. The van der Waals surface area contributed by atoms with Crippen molar-refractivity contribution in [2.45, 2.75) is 13.8 Å². The third-order valence-corrected chi connectivity index (χ3v) is 6.74. The summed E-state index contributed by atoms with van der Waals surface area (Å²) in [6, 6.07) is 28.1. The highest BCUT2D eigenvalue weighted by molar-refractivity contribution is 7.21. The number of fused-ring (bicyclic) bond motifs is 1. The summed E-state index contributed by atoms with van der Waals surface area (Å²) in [5.41, 5.74) is 14.0. The van der Waals surface area contributed by atoms with Crippen LogP contribution in [0.1, 0.15) is 20.8 Å². The van der Waals surface area contributed by atoms with Crippen LogP contribution in [0.2, 0.25) is 0 Å². The summed E-state index contributed by atoms with van der Waals surface area (Å²) < 4.78 is 0. The van der Waals surface area contributed by atoms with Crippen molar-refractivity contribution in [2.24, 2.45) is 0 Å². The molecule has 5 aromatic rings. The third-order valence-electron chi connectivity index (χ3n) is 5.65. The lowest BCUT2D eigenvalue weighted by Gasteiger charge is -2.10. The molecule has 1 amide bonds. The quantitative estimate of drug-likeness (QED) is 0.308. The second kappa shape index (κ2) is 8.52. The maximum absolute atomic E-state index is 13.1. The molecule has 0 unspecified atom stereocenters. The molecule has 3 N–H and O–H groups in total. The Hall–Kier alpha value is -3.96. The van der Waals surface area contributed by atoms with Crippen molar-refractivity contribution in [2.75, 3.05) is 11.1 Å². The summed E-state index contributed by atoms with van der Waals surface area (Å²) in [7, 11) is 0. The van der Waals surface area contributed by atoms with Crippen molar-refractivity contribution in [1.82, 2.24) is 4.98 Å². The van der Waals surface area contributed by atoms with Crippen molar-refractivity contribution >= 4 is 38.8 Å². The summed E-state index contributed by atoms with van der Waals surface area (Å²) in [6.45, 7) is 4.13. The van der Waals surface area contributed by atoms with Crippen LogP contribution >= 0.6 is 11.3 Å². The zero-order chi connectivity index (χ0) is 22.9. The Balaban J connectivity index is 1.68. The highest BCUT2D eigenvalue weighted by Crippen LogP contribution is 2.41. The van der Waals surface area contributed by atoms with Crippen LogP contribution in [0.3, 0.4) is 0 Å². The lowest BCUT2D eigenvalue weighted by atomic mass is 9.98. The number of para-hydroxylation sites is 1. The van der Waals surface area contributed by atoms with Crippen LogP contribution in [-0.2, 0) is 0 Å². The number of aromatic nitrogens is 1. The summed E-state index contributed by atoms with van der Waals surface area (Å²) >= 11 is 1.33. The minimum atomic E-state index is -0.228. The van der Waals surface area contributed by atoms with Gasteiger partial charge in [0.05, 0.1) is 11.4 Å². The van der Waals surface area contributed by atoms with E-state index in [-0.39, 0.29) is 5.91 Å². The number of nitrogens with two attached hydrogens (primary N) is 1. The molecular formula is C28H23N3OS. The molecule has 0 saturated heterocycles. The highest BCUT2D eigenvalue weighted by atomic mass is 32.1. The fourth-order valence-electron chi connectivity index (χ4n) is 3.83. The van der Waals surface area contributed by atoms with Crippen LogP contribution in [0.15, 0.2) is 84.9 Å². The second-order valence-electron chi connectivity index (χ2n) is 8.13. The van der Waals surface area contributed by atoms with E-state index in [0.29, 0.717) is 10.6 Å². The molecule has 2 heterocycles. The standard InChI is InChI=1S/C28H23N3OS/c1-17-8-12-19(13-9-17)22-16-23(20-14-10-18(2)11-15-20)31-28-24(22)25(29)26(33-28)27(32)30-21-6-4-3-5-7-21/h3-16H,29H2,1-2H3,(H,30,32). The minimum Gasteiger partial charge on any atom is -0.397 e. The molecule has 5 rings (SSSR count). The number of amides is 1. The van der Waals surface area contributed by atoms with Gasteiger partial charge in [0.1, 0.15) is 9.71 Å². The van der Waals surface area contributed by atoms with E-state index in [4.69, 9.17) is 10.7 Å². The van der Waals surface area contributed by atoms with Crippen LogP contribution in [0.25, 0.3) is 32.6 Å². The van der Waals surface area contributed by atoms with Gasteiger partial charge in [-0.1, -0.05) is 77.9 Å². The molecule has 3 aromatic carbocycles. The van der Waals surface area contributed by atoms with Gasteiger partial charge in [-0.2, -0.15) is 0 Å². The van der Waals surface area contributed by atoms with E-state index >= 15 is 0 Å². The number of nitrogen functional groups attached to an aromatic ring is 1. The van der Waals surface area contributed by atoms with Crippen LogP contribution in [0.5, 0.6) is 0 Å². The first-order valence-electron chi connectivity index (χ1n) is 10.7. The normalized spacial score (nSPS) is 11.0. The highest BCUT2D eigenvalue weighted by Gasteiger charge is 2.21. The average Bonchev–Trinajstić information content (AvgIpc) is 3.17. The van der Waals surface area contributed by atoms with E-state index in [1.54, 1.807) is 0 Å². The van der Waals surface area contributed by atoms with E-state index < -0.39 is 0 Å². The molecule has 0 bridgehead atoms. The first-order chi connectivity index (χ1) is 16.0. The minimum absolute atomic E-state index is 0.228. The molecule has 0 aliphatic heterocycles. The fourth-order valence-corrected chi connectivity index (χ4v) is 4.85. The van der Waals surface area contributed by atoms with E-state index in [1.807, 2.05) is 30.3 Å². The number of nitrogens with zero attached hydrogens (tertiary/aromatic N) is 1. The Kier molecular flexibility index (Phi) is 5.40. The number of thiophene rings is 1. The first kappa shape index (κ1) is 20.9. The van der Waals surface area contributed by atoms with Gasteiger partial charge in [-0.05, 0) is 43.2 Å². The predicted molar refractivity (Wildman–Crippen MR) is 139 cm³/mol. The Morgan fingerprint density at radius 1 is 0.848 bits per heavy atom. The topological polar surface area (TPSA) is 68.0 Å². The molecule has 4 nitrogen and oxygen atoms in total. The molecule has 0 saturated carbocycles. The second-order valence-corrected chi connectivity index (χ2v) is 9.13. The lowest BCUT2D eigenvalue weighted by Crippen LogP contribution is -2.11. The summed E-state index contributed by atoms with van der Waals surface area (Å²) in [6.07, 6.45) is 0. The van der Waals surface area contributed by atoms with Gasteiger partial charge in [-0.25, -0.2) is 4.98 Å². The molecule has 0 spiro atoms. The molecule has 2 aromatic heterocycles. The van der Waals surface area contributed by atoms with Gasteiger partial charge in [0.25, 0.3) is 5.91 Å². The largest absolute Gasteiger partial charge is 0.397 e. The van der Waals surface area contributed by atoms with E-state index in [0.717, 1.165) is 38.3 Å². The Morgan fingerprint density at radius 3 is 2.09 bits per heavy atom. The molecule has 33 heavy (non-hydrogen) atoms. The van der Waals surface area contributed by atoms with Crippen LogP contribution in [0.4, 0.5) is 11.4 Å². The summed E-state index contributed by atoms with van der Waals surface area (Å²) in [4.78, 5) is 19.2. The van der Waals surface area contributed by atoms with Crippen molar-refractivity contribution in [3.8, 4) is 22.4 Å². The van der Waals surface area contributed by atoms with Crippen molar-refractivity contribution < 1.29 is 4.79 Å². The lowest BCUT2D eigenvalue weighted by molar-refractivity contribution is 0.103. The van der Waals surface area contributed by atoms with Crippen LogP contribution < -0.4 is 11.1 Å². The van der Waals surface area contributed by atoms with E-state index in [9.17, 15) is 4.79 Å². The molecule has 0 radical (unpaired) electrons. The summed E-state index contributed by atoms with van der Waals surface area (Å²) in [5.74, 6) is -0.228. The Labute approximate surface area is 196 Å². The summed E-state index contributed by atoms with van der Waals surface area (Å²) in [5, 5.41) is 3.76. The van der Waals surface area contributed by atoms with E-state index in [1.165, 1.54) is 22.5 Å². The predicted octanol–water partition coefficient (Wildman–Crippen LogP) is 7.08. The Bertz CT molecular complexity index is 1450. The maximum Gasteiger partial charge on any atom is 0.267 e. The van der Waals surface area contributed by atoms with Crippen LogP contribution in [0, 0.1) is 13.8 Å². The van der Waals surface area contributed by atoms with Gasteiger partial charge in [0.15, 0.2) is 0 Å². The number of rotatable bonds is 4. The number of anilines is 2. The average molecular weight is 450 g/mol. The number of carbonyl (C=O) groups is 1. The maximum atomic E-state index is 13.1. The van der Waals surface area contributed by atoms with Gasteiger partial charge < -0.3 is 11.1 Å². The van der Waals surface area contributed by atoms with Gasteiger partial charge in [-0.15, -0.1) is 11.3 Å². The van der Waals surface area contributed by atoms with Gasteiger partial charge in [0, 0.05) is 16.6 Å². The number of aryl methyl sites for hydroxylation is 2. The van der Waals surface area contributed by atoms with Crippen LogP contribution in [-0.4, -0.2) is 10.9 Å². The zero-order valence-electron chi connectivity index (χ0n) is 18.4. The number of nitrogens with one attached hydrogen (secondary N) is 1. The number of benzene rings is 3. The van der Waals surface area contributed by atoms with Crippen molar-refractivity contribution in [3.63, 3.8) is 0 Å². The van der Waals surface area contributed by atoms with Gasteiger partial charge in [-0.3, -0.25) is 4.79 Å². The molecule has 0 fully saturated rings. The molecule has 0 aliphatic carbocycles. The van der Waals surface area contributed by atoms with E-state index in [2.05, 4.69) is 73.8 Å². The third kappa shape index (κ3) is 4.11. The SMILES string of the molecule is Cc1ccc(-c2cc(-c3ccc(C)cc3)c3c(N)c(C(=O)Nc4ccccc4)sc3n2)cc1. The molecule has 0 aliphatic rings. The molecule has 0 atom stereocenters.